The lowest BCUT2D eigenvalue weighted by Gasteiger charge is -2.09. The quantitative estimate of drug-likeness (QED) is 0.240. The Morgan fingerprint density at radius 3 is 2.75 bits per heavy atom. The number of carbonyl (C=O) groups excluding carboxylic acids is 2. The molecule has 140 valence electrons. The van der Waals surface area contributed by atoms with Gasteiger partial charge in [0.25, 0.3) is 0 Å². The van der Waals surface area contributed by atoms with E-state index in [1.165, 1.54) is 11.3 Å². The van der Waals surface area contributed by atoms with Crippen LogP contribution in [0.1, 0.15) is 32.9 Å². The fourth-order valence-electron chi connectivity index (χ4n) is 2.93. The summed E-state index contributed by atoms with van der Waals surface area (Å²) in [6.07, 6.45) is 2.40. The van der Waals surface area contributed by atoms with E-state index in [-0.39, 0.29) is 12.4 Å². The van der Waals surface area contributed by atoms with E-state index >= 15 is 0 Å². The number of rotatable bonds is 7. The van der Waals surface area contributed by atoms with Crippen molar-refractivity contribution in [2.75, 3.05) is 6.61 Å². The minimum Gasteiger partial charge on any atom is -0.463 e. The maximum Gasteiger partial charge on any atom is 0.338 e. The highest BCUT2D eigenvalue weighted by Gasteiger charge is 2.16. The minimum atomic E-state index is -0.435. The van der Waals surface area contributed by atoms with Crippen LogP contribution in [0.25, 0.3) is 22.4 Å². The Kier molecular flexibility index (Phi) is 5.30. The Morgan fingerprint density at radius 2 is 1.96 bits per heavy atom. The summed E-state index contributed by atoms with van der Waals surface area (Å²) in [7, 11) is 0. The highest BCUT2D eigenvalue weighted by molar-refractivity contribution is 7.12. The molecule has 0 aliphatic carbocycles. The number of furan rings is 1. The highest BCUT2D eigenvalue weighted by Crippen LogP contribution is 2.25. The molecule has 0 aliphatic heterocycles. The number of fused-ring (bicyclic) bond motifs is 1. The Hall–Kier alpha value is -3.25. The summed E-state index contributed by atoms with van der Waals surface area (Å²) in [5.41, 5.74) is 1.70. The standard InChI is InChI=1S/C22H17NO4S/c24-19(21-10-5-13-28-21)8-3-12-27-22(25)16-14-18(20-9-4-11-26-20)23-17-7-2-1-6-15(16)17/h1-2,4-7,9-11,13-14H,3,8,12H2. The summed E-state index contributed by atoms with van der Waals surface area (Å²) in [5.74, 6) is 0.219. The second-order valence-corrected chi connectivity index (χ2v) is 7.14. The molecular formula is C22H17NO4S. The summed E-state index contributed by atoms with van der Waals surface area (Å²) in [5, 5.41) is 2.59. The Labute approximate surface area is 165 Å². The molecule has 6 heteroatoms. The van der Waals surface area contributed by atoms with Gasteiger partial charge in [-0.05, 0) is 42.1 Å². The first-order chi connectivity index (χ1) is 13.7. The smallest absolute Gasteiger partial charge is 0.338 e. The zero-order valence-electron chi connectivity index (χ0n) is 15.0. The third-order valence-electron chi connectivity index (χ3n) is 4.29. The molecule has 0 saturated carbocycles. The van der Waals surface area contributed by atoms with E-state index in [4.69, 9.17) is 9.15 Å². The SMILES string of the molecule is O=C(CCCOC(=O)c1cc(-c2ccco2)nc2ccccc12)c1cccs1. The molecule has 0 saturated heterocycles. The lowest BCUT2D eigenvalue weighted by atomic mass is 10.1. The van der Waals surface area contributed by atoms with Crippen LogP contribution in [0.3, 0.4) is 0 Å². The Morgan fingerprint density at radius 1 is 1.07 bits per heavy atom. The predicted molar refractivity (Wildman–Crippen MR) is 108 cm³/mol. The zero-order valence-corrected chi connectivity index (χ0v) is 15.8. The summed E-state index contributed by atoms with van der Waals surface area (Å²) in [6.45, 7) is 0.183. The number of para-hydroxylation sites is 1. The van der Waals surface area contributed by atoms with Gasteiger partial charge in [0, 0.05) is 11.8 Å². The van der Waals surface area contributed by atoms with Gasteiger partial charge in [-0.3, -0.25) is 4.79 Å². The first kappa shape index (κ1) is 18.1. The number of aromatic nitrogens is 1. The molecule has 1 aromatic carbocycles. The van der Waals surface area contributed by atoms with E-state index in [1.807, 2.05) is 35.7 Å². The number of nitrogens with zero attached hydrogens (tertiary/aromatic N) is 1. The topological polar surface area (TPSA) is 69.4 Å². The van der Waals surface area contributed by atoms with E-state index in [0.717, 1.165) is 10.3 Å². The number of carbonyl (C=O) groups is 2. The number of thiophene rings is 1. The number of hydrogen-bond acceptors (Lipinski definition) is 6. The van der Waals surface area contributed by atoms with Gasteiger partial charge >= 0.3 is 5.97 Å². The van der Waals surface area contributed by atoms with Gasteiger partial charge < -0.3 is 9.15 Å². The van der Waals surface area contributed by atoms with Crippen molar-refractivity contribution >= 4 is 34.0 Å². The van der Waals surface area contributed by atoms with Crippen LogP contribution in [0.4, 0.5) is 0 Å². The number of esters is 1. The molecule has 4 aromatic rings. The van der Waals surface area contributed by atoms with Gasteiger partial charge in [-0.15, -0.1) is 11.3 Å². The van der Waals surface area contributed by atoms with Gasteiger partial charge in [0.05, 0.1) is 28.8 Å². The van der Waals surface area contributed by atoms with Crippen LogP contribution in [0.2, 0.25) is 0 Å². The molecule has 0 aliphatic rings. The number of pyridine rings is 1. The number of hydrogen-bond donors (Lipinski definition) is 0. The molecule has 0 bridgehead atoms. The van der Waals surface area contributed by atoms with E-state index in [0.29, 0.717) is 35.4 Å². The van der Waals surface area contributed by atoms with Gasteiger partial charge in [-0.2, -0.15) is 0 Å². The minimum absolute atomic E-state index is 0.0699. The summed E-state index contributed by atoms with van der Waals surface area (Å²) < 4.78 is 10.8. The average molecular weight is 391 g/mol. The lowest BCUT2D eigenvalue weighted by Crippen LogP contribution is -2.09. The molecule has 0 spiro atoms. The van der Waals surface area contributed by atoms with Crippen LogP contribution in [0.5, 0.6) is 0 Å². The van der Waals surface area contributed by atoms with Crippen molar-refractivity contribution in [3.63, 3.8) is 0 Å². The highest BCUT2D eigenvalue weighted by atomic mass is 32.1. The third kappa shape index (κ3) is 3.87. The van der Waals surface area contributed by atoms with Crippen molar-refractivity contribution in [2.24, 2.45) is 0 Å². The van der Waals surface area contributed by atoms with Crippen molar-refractivity contribution in [3.8, 4) is 11.5 Å². The molecular weight excluding hydrogens is 374 g/mol. The molecule has 3 aromatic heterocycles. The number of ketones is 1. The molecule has 0 amide bonds. The Balaban J connectivity index is 1.48. The van der Waals surface area contributed by atoms with Gasteiger partial charge in [0.15, 0.2) is 11.5 Å². The maximum atomic E-state index is 12.7. The monoisotopic (exact) mass is 391 g/mol. The van der Waals surface area contributed by atoms with E-state index in [9.17, 15) is 9.59 Å². The predicted octanol–water partition coefficient (Wildman–Crippen LogP) is 5.38. The summed E-state index contributed by atoms with van der Waals surface area (Å²) >= 11 is 1.42. The first-order valence-corrected chi connectivity index (χ1v) is 9.78. The molecule has 5 nitrogen and oxygen atoms in total. The normalized spacial score (nSPS) is 10.9. The van der Waals surface area contributed by atoms with Gasteiger partial charge in [0.2, 0.25) is 0 Å². The molecule has 3 heterocycles. The third-order valence-corrected chi connectivity index (χ3v) is 5.20. The van der Waals surface area contributed by atoms with E-state index < -0.39 is 5.97 Å². The van der Waals surface area contributed by atoms with Crippen LogP contribution in [-0.4, -0.2) is 23.3 Å². The number of benzene rings is 1. The summed E-state index contributed by atoms with van der Waals surface area (Å²) in [4.78, 5) is 30.0. The van der Waals surface area contributed by atoms with Crippen molar-refractivity contribution in [3.05, 3.63) is 76.7 Å². The Bertz CT molecular complexity index is 1100. The fraction of sp³-hybridized carbons (Fsp3) is 0.136. The van der Waals surface area contributed by atoms with Crippen LogP contribution in [0, 0.1) is 0 Å². The number of ether oxygens (including phenoxy) is 1. The van der Waals surface area contributed by atoms with Gasteiger partial charge in [-0.1, -0.05) is 24.3 Å². The summed E-state index contributed by atoms with van der Waals surface area (Å²) in [6, 6.07) is 16.3. The molecule has 0 atom stereocenters. The van der Waals surface area contributed by atoms with Crippen LogP contribution in [0.15, 0.2) is 70.7 Å². The molecule has 0 N–H and O–H groups in total. The lowest BCUT2D eigenvalue weighted by molar-refractivity contribution is 0.0496. The second kappa shape index (κ2) is 8.19. The van der Waals surface area contributed by atoms with Crippen molar-refractivity contribution in [1.29, 1.82) is 0 Å². The van der Waals surface area contributed by atoms with E-state index in [1.54, 1.807) is 30.5 Å². The largest absolute Gasteiger partial charge is 0.463 e. The maximum absolute atomic E-state index is 12.7. The zero-order chi connectivity index (χ0) is 19.3. The van der Waals surface area contributed by atoms with Crippen LogP contribution >= 0.6 is 11.3 Å². The molecule has 4 rings (SSSR count). The van der Waals surface area contributed by atoms with E-state index in [2.05, 4.69) is 4.98 Å². The van der Waals surface area contributed by atoms with Gasteiger partial charge in [0.1, 0.15) is 5.69 Å². The van der Waals surface area contributed by atoms with Crippen LogP contribution in [-0.2, 0) is 4.74 Å². The van der Waals surface area contributed by atoms with Gasteiger partial charge in [-0.25, -0.2) is 9.78 Å². The molecule has 0 radical (unpaired) electrons. The second-order valence-electron chi connectivity index (χ2n) is 6.19. The first-order valence-electron chi connectivity index (χ1n) is 8.90. The van der Waals surface area contributed by atoms with Crippen molar-refractivity contribution in [1.82, 2.24) is 4.98 Å². The molecule has 0 fully saturated rings. The molecule has 0 unspecified atom stereocenters. The van der Waals surface area contributed by atoms with Crippen molar-refractivity contribution in [2.45, 2.75) is 12.8 Å². The fourth-order valence-corrected chi connectivity index (χ4v) is 3.62. The van der Waals surface area contributed by atoms with Crippen molar-refractivity contribution < 1.29 is 18.7 Å². The van der Waals surface area contributed by atoms with Crippen LogP contribution < -0.4 is 0 Å². The molecule has 28 heavy (non-hydrogen) atoms. The number of Topliss-reactive ketones (excluding diaryl/α,β-unsaturated/α-hetero) is 1. The average Bonchev–Trinajstić information content (AvgIpc) is 3.44.